The third-order valence-corrected chi connectivity index (χ3v) is 4.96. The highest BCUT2D eigenvalue weighted by Gasteiger charge is 2.21. The molecule has 0 spiro atoms. The minimum Gasteiger partial charge on any atom is -0.485 e. The quantitative estimate of drug-likeness (QED) is 0.698. The molecular weight excluding hydrogens is 387 g/mol. The van der Waals surface area contributed by atoms with Crippen molar-refractivity contribution >= 4 is 40.4 Å². The van der Waals surface area contributed by atoms with E-state index in [1.807, 2.05) is 35.9 Å². The number of benzene rings is 1. The van der Waals surface area contributed by atoms with E-state index in [0.717, 1.165) is 5.69 Å². The molecule has 0 saturated carbocycles. The third kappa shape index (κ3) is 3.88. The SMILES string of the molecule is Cc1cn2cccc(OCc3c(Cl)ccc(N(C)C(=O)C(C)N)c3Cl)c2n1. The fraction of sp³-hybridized carbons (Fsp3) is 0.263. The molecule has 0 saturated heterocycles. The maximum Gasteiger partial charge on any atom is 0.243 e. The maximum absolute atomic E-state index is 12.2. The first-order chi connectivity index (χ1) is 12.8. The molecule has 0 bridgehead atoms. The topological polar surface area (TPSA) is 72.9 Å². The summed E-state index contributed by atoms with van der Waals surface area (Å²) in [5, 5.41) is 0.808. The van der Waals surface area contributed by atoms with Gasteiger partial charge in [0.25, 0.3) is 0 Å². The summed E-state index contributed by atoms with van der Waals surface area (Å²) < 4.78 is 7.83. The van der Waals surface area contributed by atoms with Crippen LogP contribution in [-0.4, -0.2) is 28.4 Å². The van der Waals surface area contributed by atoms with Crippen LogP contribution in [0.15, 0.2) is 36.7 Å². The second kappa shape index (κ2) is 7.76. The monoisotopic (exact) mass is 406 g/mol. The molecule has 3 aromatic rings. The van der Waals surface area contributed by atoms with Crippen molar-refractivity contribution in [1.82, 2.24) is 9.38 Å². The fourth-order valence-electron chi connectivity index (χ4n) is 2.77. The zero-order chi connectivity index (χ0) is 19.7. The number of fused-ring (bicyclic) bond motifs is 1. The number of hydrogen-bond acceptors (Lipinski definition) is 4. The first-order valence-electron chi connectivity index (χ1n) is 8.36. The lowest BCUT2D eigenvalue weighted by Crippen LogP contribution is -2.40. The Bertz CT molecular complexity index is 1000. The number of halogens is 2. The van der Waals surface area contributed by atoms with Gasteiger partial charge in [-0.25, -0.2) is 4.98 Å². The number of aromatic nitrogens is 2. The van der Waals surface area contributed by atoms with E-state index in [1.165, 1.54) is 4.90 Å². The number of pyridine rings is 1. The van der Waals surface area contributed by atoms with Gasteiger partial charge < -0.3 is 19.8 Å². The Hall–Kier alpha value is -2.28. The highest BCUT2D eigenvalue weighted by atomic mass is 35.5. The van der Waals surface area contributed by atoms with Crippen molar-refractivity contribution in [3.8, 4) is 5.75 Å². The first kappa shape index (κ1) is 19.5. The van der Waals surface area contributed by atoms with Crippen LogP contribution in [0, 0.1) is 6.92 Å². The Kier molecular flexibility index (Phi) is 5.60. The summed E-state index contributed by atoms with van der Waals surface area (Å²) in [5.41, 5.74) is 8.40. The van der Waals surface area contributed by atoms with Gasteiger partial charge in [0.05, 0.1) is 22.4 Å². The predicted octanol–water partition coefficient (Wildman–Crippen LogP) is 3.84. The minimum atomic E-state index is -0.636. The Morgan fingerprint density at radius 1 is 1.37 bits per heavy atom. The zero-order valence-electron chi connectivity index (χ0n) is 15.2. The number of imidazole rings is 1. The van der Waals surface area contributed by atoms with Crippen molar-refractivity contribution in [3.63, 3.8) is 0 Å². The second-order valence-electron chi connectivity index (χ2n) is 6.32. The Labute approximate surface area is 167 Å². The molecule has 142 valence electrons. The van der Waals surface area contributed by atoms with E-state index < -0.39 is 6.04 Å². The summed E-state index contributed by atoms with van der Waals surface area (Å²) in [6.07, 6.45) is 3.81. The summed E-state index contributed by atoms with van der Waals surface area (Å²) in [7, 11) is 1.62. The molecule has 1 atom stereocenters. The molecule has 1 aromatic carbocycles. The number of nitrogens with two attached hydrogens (primary N) is 1. The van der Waals surface area contributed by atoms with Gasteiger partial charge in [0.2, 0.25) is 5.91 Å². The largest absolute Gasteiger partial charge is 0.485 e. The maximum atomic E-state index is 12.2. The highest BCUT2D eigenvalue weighted by Crippen LogP contribution is 2.35. The molecule has 0 aliphatic heterocycles. The number of nitrogens with zero attached hydrogens (tertiary/aromatic N) is 3. The van der Waals surface area contributed by atoms with Crippen molar-refractivity contribution < 1.29 is 9.53 Å². The van der Waals surface area contributed by atoms with Crippen LogP contribution in [0.5, 0.6) is 5.75 Å². The highest BCUT2D eigenvalue weighted by molar-refractivity contribution is 6.38. The van der Waals surface area contributed by atoms with Crippen LogP contribution in [0.2, 0.25) is 10.0 Å². The van der Waals surface area contributed by atoms with Gasteiger partial charge in [-0.2, -0.15) is 0 Å². The van der Waals surface area contributed by atoms with Crippen molar-refractivity contribution in [1.29, 1.82) is 0 Å². The molecule has 27 heavy (non-hydrogen) atoms. The number of hydrogen-bond donors (Lipinski definition) is 1. The average molecular weight is 407 g/mol. The Balaban J connectivity index is 1.90. The molecule has 8 heteroatoms. The van der Waals surface area contributed by atoms with Gasteiger partial charge in [-0.3, -0.25) is 4.79 Å². The molecule has 0 aliphatic rings. The lowest BCUT2D eigenvalue weighted by molar-refractivity contribution is -0.119. The van der Waals surface area contributed by atoms with Crippen LogP contribution in [0.4, 0.5) is 5.69 Å². The van der Waals surface area contributed by atoms with Crippen LogP contribution < -0.4 is 15.4 Å². The van der Waals surface area contributed by atoms with E-state index in [1.54, 1.807) is 26.1 Å². The molecule has 3 rings (SSSR count). The molecule has 0 fully saturated rings. The van der Waals surface area contributed by atoms with Crippen molar-refractivity contribution in [2.75, 3.05) is 11.9 Å². The van der Waals surface area contributed by atoms with E-state index in [-0.39, 0.29) is 12.5 Å². The fourth-order valence-corrected chi connectivity index (χ4v) is 3.38. The van der Waals surface area contributed by atoms with Crippen molar-refractivity contribution in [2.24, 2.45) is 5.73 Å². The van der Waals surface area contributed by atoms with Gasteiger partial charge in [-0.1, -0.05) is 23.2 Å². The normalized spacial score (nSPS) is 12.2. The molecule has 2 heterocycles. The van der Waals surface area contributed by atoms with Gasteiger partial charge >= 0.3 is 0 Å². The number of carbonyl (C=O) groups excluding carboxylic acids is 1. The van der Waals surface area contributed by atoms with Crippen LogP contribution in [0.1, 0.15) is 18.2 Å². The lowest BCUT2D eigenvalue weighted by atomic mass is 10.1. The Morgan fingerprint density at radius 3 is 2.81 bits per heavy atom. The van der Waals surface area contributed by atoms with Crippen LogP contribution >= 0.6 is 23.2 Å². The van der Waals surface area contributed by atoms with Crippen LogP contribution in [-0.2, 0) is 11.4 Å². The summed E-state index contributed by atoms with van der Waals surface area (Å²) in [4.78, 5) is 18.1. The van der Waals surface area contributed by atoms with E-state index in [4.69, 9.17) is 33.7 Å². The molecule has 1 amide bonds. The van der Waals surface area contributed by atoms with Crippen LogP contribution in [0.25, 0.3) is 5.65 Å². The van der Waals surface area contributed by atoms with Crippen molar-refractivity contribution in [3.05, 3.63) is 58.0 Å². The number of likely N-dealkylation sites (N-methyl/N-ethyl adjacent to an activating group) is 1. The van der Waals surface area contributed by atoms with Gasteiger partial charge in [0.1, 0.15) is 6.61 Å². The Morgan fingerprint density at radius 2 is 2.11 bits per heavy atom. The molecular formula is C19H20Cl2N4O2. The number of ether oxygens (including phenoxy) is 1. The van der Waals surface area contributed by atoms with E-state index in [0.29, 0.717) is 32.7 Å². The zero-order valence-corrected chi connectivity index (χ0v) is 16.8. The number of aryl methyl sites for hydroxylation is 1. The van der Waals surface area contributed by atoms with Gasteiger partial charge in [-0.05, 0) is 38.1 Å². The van der Waals surface area contributed by atoms with Gasteiger partial charge in [0.15, 0.2) is 11.4 Å². The minimum absolute atomic E-state index is 0.136. The summed E-state index contributed by atoms with van der Waals surface area (Å²) in [6.45, 7) is 3.68. The number of rotatable bonds is 5. The molecule has 2 aromatic heterocycles. The van der Waals surface area contributed by atoms with E-state index >= 15 is 0 Å². The summed E-state index contributed by atoms with van der Waals surface area (Å²) in [6, 6.07) is 6.44. The smallest absolute Gasteiger partial charge is 0.243 e. The van der Waals surface area contributed by atoms with Crippen molar-refractivity contribution in [2.45, 2.75) is 26.5 Å². The van der Waals surface area contributed by atoms with E-state index in [2.05, 4.69) is 4.98 Å². The molecule has 2 N–H and O–H groups in total. The molecule has 6 nitrogen and oxygen atoms in total. The number of amides is 1. The summed E-state index contributed by atoms with van der Waals surface area (Å²) >= 11 is 12.8. The third-order valence-electron chi connectivity index (χ3n) is 4.19. The van der Waals surface area contributed by atoms with Gasteiger partial charge in [-0.15, -0.1) is 0 Å². The van der Waals surface area contributed by atoms with Crippen LogP contribution in [0.3, 0.4) is 0 Å². The average Bonchev–Trinajstić information content (AvgIpc) is 3.01. The molecule has 0 radical (unpaired) electrons. The summed E-state index contributed by atoms with van der Waals surface area (Å²) in [5.74, 6) is 0.367. The lowest BCUT2D eigenvalue weighted by Gasteiger charge is -2.22. The molecule has 0 aliphatic carbocycles. The first-order valence-corrected chi connectivity index (χ1v) is 9.12. The molecule has 1 unspecified atom stereocenters. The predicted molar refractivity (Wildman–Crippen MR) is 108 cm³/mol. The van der Waals surface area contributed by atoms with E-state index in [9.17, 15) is 4.79 Å². The second-order valence-corrected chi connectivity index (χ2v) is 7.10. The van der Waals surface area contributed by atoms with Gasteiger partial charge in [0, 0.05) is 30.0 Å². The number of anilines is 1. The standard InChI is InChI=1S/C19H20Cl2N4O2/c1-11-9-25-8-4-5-16(18(25)23-11)27-10-13-14(20)6-7-15(17(13)21)24(3)19(26)12(2)22/h4-9,12H,10,22H2,1-3H3. The number of carbonyl (C=O) groups is 1.